The molecule has 0 saturated heterocycles. The zero-order valence-corrected chi connectivity index (χ0v) is 9.95. The monoisotopic (exact) mass is 245 g/mol. The first-order valence-electron chi connectivity index (χ1n) is 5.58. The van der Waals surface area contributed by atoms with Crippen molar-refractivity contribution in [2.45, 2.75) is 6.10 Å². The fourth-order valence-corrected chi connectivity index (χ4v) is 2.23. The minimum Gasteiger partial charge on any atom is -0.480 e. The molecule has 1 aliphatic heterocycles. The number of anilines is 1. The lowest BCUT2D eigenvalue weighted by Crippen LogP contribution is -2.23. The standard InChI is InChI=1S/C14H12ClNO/c15-11-7-4-8-12-14(11)17-13(9-16-12)10-5-2-1-3-6-10/h1-8,13,16H,9H2/t13-/m1/s1. The first-order valence-corrected chi connectivity index (χ1v) is 5.96. The Morgan fingerprint density at radius 1 is 1.06 bits per heavy atom. The molecule has 0 unspecified atom stereocenters. The Morgan fingerprint density at radius 2 is 1.88 bits per heavy atom. The van der Waals surface area contributed by atoms with Gasteiger partial charge in [0.05, 0.1) is 17.3 Å². The van der Waals surface area contributed by atoms with Gasteiger partial charge in [-0.05, 0) is 17.7 Å². The van der Waals surface area contributed by atoms with Gasteiger partial charge in [-0.3, -0.25) is 0 Å². The number of rotatable bonds is 1. The van der Waals surface area contributed by atoms with E-state index >= 15 is 0 Å². The molecule has 0 aliphatic carbocycles. The Labute approximate surface area is 105 Å². The summed E-state index contributed by atoms with van der Waals surface area (Å²) in [6.45, 7) is 0.761. The van der Waals surface area contributed by atoms with Crippen molar-refractivity contribution in [3.63, 3.8) is 0 Å². The Balaban J connectivity index is 1.93. The largest absolute Gasteiger partial charge is 0.480 e. The molecule has 0 aromatic heterocycles. The van der Waals surface area contributed by atoms with Crippen molar-refractivity contribution >= 4 is 17.3 Å². The smallest absolute Gasteiger partial charge is 0.161 e. The summed E-state index contributed by atoms with van der Waals surface area (Å²) in [5.74, 6) is 0.745. The van der Waals surface area contributed by atoms with Gasteiger partial charge in [0, 0.05) is 0 Å². The molecule has 2 nitrogen and oxygen atoms in total. The summed E-state index contributed by atoms with van der Waals surface area (Å²) in [4.78, 5) is 0. The molecule has 0 saturated carbocycles. The molecular weight excluding hydrogens is 234 g/mol. The SMILES string of the molecule is Clc1cccc2c1O[C@@H](c1ccccc1)CN2. The minimum atomic E-state index is 0.0172. The van der Waals surface area contributed by atoms with Crippen LogP contribution >= 0.6 is 11.6 Å². The number of hydrogen-bond donors (Lipinski definition) is 1. The summed E-state index contributed by atoms with van der Waals surface area (Å²) in [6.07, 6.45) is 0.0172. The second-order valence-electron chi connectivity index (χ2n) is 4.01. The molecule has 0 radical (unpaired) electrons. The minimum absolute atomic E-state index is 0.0172. The van der Waals surface area contributed by atoms with E-state index in [1.165, 1.54) is 0 Å². The second kappa shape index (κ2) is 4.30. The quantitative estimate of drug-likeness (QED) is 0.823. The van der Waals surface area contributed by atoms with Crippen LogP contribution in [0.5, 0.6) is 5.75 Å². The van der Waals surface area contributed by atoms with Crippen molar-refractivity contribution in [3.8, 4) is 5.75 Å². The number of halogens is 1. The number of benzene rings is 2. The number of nitrogens with one attached hydrogen (secondary N) is 1. The summed E-state index contributed by atoms with van der Waals surface area (Å²) in [6, 6.07) is 15.9. The van der Waals surface area contributed by atoms with Gasteiger partial charge in [0.2, 0.25) is 0 Å². The number of para-hydroxylation sites is 1. The van der Waals surface area contributed by atoms with Crippen molar-refractivity contribution in [2.75, 3.05) is 11.9 Å². The molecule has 17 heavy (non-hydrogen) atoms. The van der Waals surface area contributed by atoms with Gasteiger partial charge in [0.25, 0.3) is 0 Å². The fourth-order valence-electron chi connectivity index (χ4n) is 2.01. The first kappa shape index (κ1) is 10.5. The van der Waals surface area contributed by atoms with Crippen LogP contribution in [0.3, 0.4) is 0 Å². The third-order valence-corrected chi connectivity index (χ3v) is 3.17. The zero-order valence-electron chi connectivity index (χ0n) is 9.19. The molecule has 2 aromatic carbocycles. The molecule has 3 heteroatoms. The second-order valence-corrected chi connectivity index (χ2v) is 4.42. The van der Waals surface area contributed by atoms with Crippen LogP contribution in [0.15, 0.2) is 48.5 Å². The van der Waals surface area contributed by atoms with Gasteiger partial charge >= 0.3 is 0 Å². The lowest BCUT2D eigenvalue weighted by atomic mass is 10.1. The molecule has 3 rings (SSSR count). The van der Waals surface area contributed by atoms with E-state index in [0.717, 1.165) is 23.5 Å². The Hall–Kier alpha value is -1.67. The van der Waals surface area contributed by atoms with Crippen molar-refractivity contribution in [1.29, 1.82) is 0 Å². The van der Waals surface area contributed by atoms with Gasteiger partial charge in [-0.1, -0.05) is 48.0 Å². The maximum atomic E-state index is 6.13. The van der Waals surface area contributed by atoms with E-state index in [2.05, 4.69) is 17.4 Å². The van der Waals surface area contributed by atoms with Gasteiger partial charge in [-0.15, -0.1) is 0 Å². The normalized spacial score (nSPS) is 17.8. The molecule has 1 N–H and O–H groups in total. The first-order chi connectivity index (χ1) is 8.34. The van der Waals surface area contributed by atoms with E-state index in [-0.39, 0.29) is 6.10 Å². The number of hydrogen-bond acceptors (Lipinski definition) is 2. The lowest BCUT2D eigenvalue weighted by molar-refractivity contribution is 0.210. The summed E-state index contributed by atoms with van der Waals surface area (Å²) < 4.78 is 5.95. The maximum Gasteiger partial charge on any atom is 0.161 e. The van der Waals surface area contributed by atoms with Gasteiger partial charge in [-0.2, -0.15) is 0 Å². The Kier molecular flexibility index (Phi) is 2.65. The maximum absolute atomic E-state index is 6.13. The van der Waals surface area contributed by atoms with E-state index in [1.807, 2.05) is 36.4 Å². The molecule has 1 heterocycles. The molecular formula is C14H12ClNO. The molecule has 1 aliphatic rings. The predicted octanol–water partition coefficient (Wildman–Crippen LogP) is 3.89. The van der Waals surface area contributed by atoms with Gasteiger partial charge in [-0.25, -0.2) is 0 Å². The molecule has 1 atom stereocenters. The summed E-state index contributed by atoms with van der Waals surface area (Å²) >= 11 is 6.13. The molecule has 0 bridgehead atoms. The van der Waals surface area contributed by atoms with Crippen LogP contribution in [0.2, 0.25) is 5.02 Å². The summed E-state index contributed by atoms with van der Waals surface area (Å²) in [5, 5.41) is 3.99. The van der Waals surface area contributed by atoms with E-state index in [9.17, 15) is 0 Å². The van der Waals surface area contributed by atoms with Crippen LogP contribution < -0.4 is 10.1 Å². The van der Waals surface area contributed by atoms with Gasteiger partial charge < -0.3 is 10.1 Å². The predicted molar refractivity (Wildman–Crippen MR) is 69.8 cm³/mol. The number of fused-ring (bicyclic) bond motifs is 1. The Morgan fingerprint density at radius 3 is 2.71 bits per heavy atom. The van der Waals surface area contributed by atoms with Gasteiger partial charge in [0.1, 0.15) is 6.10 Å². The topological polar surface area (TPSA) is 21.3 Å². The third-order valence-electron chi connectivity index (χ3n) is 2.88. The molecule has 2 aromatic rings. The molecule has 0 fully saturated rings. The average Bonchev–Trinajstić information content (AvgIpc) is 2.40. The summed E-state index contributed by atoms with van der Waals surface area (Å²) in [5.41, 5.74) is 2.12. The van der Waals surface area contributed by atoms with Crippen LogP contribution in [0.4, 0.5) is 5.69 Å². The van der Waals surface area contributed by atoms with Crippen molar-refractivity contribution < 1.29 is 4.74 Å². The van der Waals surface area contributed by atoms with Crippen molar-refractivity contribution in [3.05, 3.63) is 59.1 Å². The van der Waals surface area contributed by atoms with E-state index < -0.39 is 0 Å². The molecule has 86 valence electrons. The third kappa shape index (κ3) is 1.96. The molecule has 0 spiro atoms. The van der Waals surface area contributed by atoms with Crippen LogP contribution in [0, 0.1) is 0 Å². The van der Waals surface area contributed by atoms with Gasteiger partial charge in [0.15, 0.2) is 5.75 Å². The highest BCUT2D eigenvalue weighted by atomic mass is 35.5. The van der Waals surface area contributed by atoms with Crippen LogP contribution in [-0.2, 0) is 0 Å². The van der Waals surface area contributed by atoms with Crippen molar-refractivity contribution in [1.82, 2.24) is 0 Å². The van der Waals surface area contributed by atoms with Crippen molar-refractivity contribution in [2.24, 2.45) is 0 Å². The zero-order chi connectivity index (χ0) is 11.7. The van der Waals surface area contributed by atoms with Crippen LogP contribution in [-0.4, -0.2) is 6.54 Å². The van der Waals surface area contributed by atoms with Crippen LogP contribution in [0.25, 0.3) is 0 Å². The lowest BCUT2D eigenvalue weighted by Gasteiger charge is -2.28. The van der Waals surface area contributed by atoms with E-state index in [4.69, 9.17) is 16.3 Å². The van der Waals surface area contributed by atoms with E-state index in [0.29, 0.717) is 5.02 Å². The molecule has 0 amide bonds. The van der Waals surface area contributed by atoms with Crippen LogP contribution in [0.1, 0.15) is 11.7 Å². The average molecular weight is 246 g/mol. The Bertz CT molecular complexity index is 527. The highest BCUT2D eigenvalue weighted by Crippen LogP contribution is 2.39. The van der Waals surface area contributed by atoms with E-state index in [1.54, 1.807) is 0 Å². The highest BCUT2D eigenvalue weighted by Gasteiger charge is 2.22. The highest BCUT2D eigenvalue weighted by molar-refractivity contribution is 6.32. The number of ether oxygens (including phenoxy) is 1. The summed E-state index contributed by atoms with van der Waals surface area (Å²) in [7, 11) is 0. The fraction of sp³-hybridized carbons (Fsp3) is 0.143.